The first-order valence-corrected chi connectivity index (χ1v) is 5.43. The van der Waals surface area contributed by atoms with Crippen LogP contribution in [0.1, 0.15) is 12.8 Å². The van der Waals surface area contributed by atoms with Gasteiger partial charge in [-0.25, -0.2) is 0 Å². The van der Waals surface area contributed by atoms with E-state index in [1.165, 1.54) is 0 Å². The van der Waals surface area contributed by atoms with E-state index >= 15 is 0 Å². The summed E-state index contributed by atoms with van der Waals surface area (Å²) < 4.78 is 11.0. The number of hydrogen-bond acceptors (Lipinski definition) is 3. The Hall–Kier alpha value is -0.930. The fourth-order valence-corrected chi connectivity index (χ4v) is 1.76. The van der Waals surface area contributed by atoms with Crippen molar-refractivity contribution >= 4 is 17.3 Å². The van der Waals surface area contributed by atoms with Crippen LogP contribution in [-0.4, -0.2) is 19.3 Å². The maximum atomic E-state index is 5.96. The summed E-state index contributed by atoms with van der Waals surface area (Å²) >= 11 is 5.96. The predicted octanol–water partition coefficient (Wildman–Crippen LogP) is 2.48. The second-order valence-corrected chi connectivity index (χ2v) is 4.04. The lowest BCUT2D eigenvalue weighted by atomic mass is 10.2. The van der Waals surface area contributed by atoms with Crippen LogP contribution in [0.25, 0.3) is 0 Å². The summed E-state index contributed by atoms with van der Waals surface area (Å²) in [4.78, 5) is 0. The van der Waals surface area contributed by atoms with Gasteiger partial charge in [-0.3, -0.25) is 0 Å². The Morgan fingerprint density at radius 3 is 3.13 bits per heavy atom. The number of benzene rings is 1. The lowest BCUT2D eigenvalue weighted by molar-refractivity contribution is 0.0680. The Labute approximate surface area is 94.1 Å². The van der Waals surface area contributed by atoms with Crippen LogP contribution in [0.3, 0.4) is 0 Å². The van der Waals surface area contributed by atoms with Crippen LogP contribution in [0.4, 0.5) is 5.69 Å². The number of ether oxygens (including phenoxy) is 2. The van der Waals surface area contributed by atoms with Gasteiger partial charge in [-0.1, -0.05) is 11.6 Å². The molecule has 1 fully saturated rings. The topological polar surface area (TPSA) is 44.5 Å². The van der Waals surface area contributed by atoms with E-state index in [4.69, 9.17) is 26.8 Å². The zero-order chi connectivity index (χ0) is 10.7. The van der Waals surface area contributed by atoms with Crippen LogP contribution in [0.2, 0.25) is 5.02 Å². The summed E-state index contributed by atoms with van der Waals surface area (Å²) in [5.74, 6) is 0.632. The smallest absolute Gasteiger partial charge is 0.140 e. The molecule has 0 aliphatic carbocycles. The van der Waals surface area contributed by atoms with Gasteiger partial charge in [0.05, 0.1) is 11.1 Å². The maximum absolute atomic E-state index is 5.96. The Kier molecular flexibility index (Phi) is 3.34. The van der Waals surface area contributed by atoms with Crippen molar-refractivity contribution in [2.24, 2.45) is 0 Å². The summed E-state index contributed by atoms with van der Waals surface area (Å²) in [5, 5.41) is 0.585. The third-order valence-corrected chi connectivity index (χ3v) is 2.72. The molecule has 3 nitrogen and oxygen atoms in total. The van der Waals surface area contributed by atoms with Crippen molar-refractivity contribution in [2.45, 2.75) is 18.9 Å². The van der Waals surface area contributed by atoms with Crippen molar-refractivity contribution in [2.75, 3.05) is 18.9 Å². The van der Waals surface area contributed by atoms with Crippen molar-refractivity contribution in [3.63, 3.8) is 0 Å². The zero-order valence-electron chi connectivity index (χ0n) is 8.41. The molecular weight excluding hydrogens is 214 g/mol. The number of anilines is 1. The van der Waals surface area contributed by atoms with Gasteiger partial charge in [0, 0.05) is 18.4 Å². The van der Waals surface area contributed by atoms with Gasteiger partial charge in [-0.2, -0.15) is 0 Å². The van der Waals surface area contributed by atoms with Gasteiger partial charge in [0.2, 0.25) is 0 Å². The summed E-state index contributed by atoms with van der Waals surface area (Å²) in [6.45, 7) is 1.38. The van der Waals surface area contributed by atoms with E-state index in [0.29, 0.717) is 23.1 Å². The van der Waals surface area contributed by atoms with Crippen LogP contribution in [-0.2, 0) is 4.74 Å². The molecule has 1 aliphatic heterocycles. The van der Waals surface area contributed by atoms with Crippen LogP contribution in [0.15, 0.2) is 18.2 Å². The lowest BCUT2D eigenvalue weighted by Gasteiger charge is -2.12. The average Bonchev–Trinajstić information content (AvgIpc) is 2.72. The van der Waals surface area contributed by atoms with E-state index in [-0.39, 0.29) is 6.10 Å². The highest BCUT2D eigenvalue weighted by molar-refractivity contribution is 6.32. The van der Waals surface area contributed by atoms with E-state index in [2.05, 4.69) is 0 Å². The molecule has 1 aromatic carbocycles. The molecule has 0 spiro atoms. The minimum absolute atomic E-state index is 0.197. The molecule has 15 heavy (non-hydrogen) atoms. The first-order chi connectivity index (χ1) is 7.25. The molecule has 1 atom stereocenters. The predicted molar refractivity (Wildman–Crippen MR) is 60.3 cm³/mol. The third kappa shape index (κ3) is 2.76. The van der Waals surface area contributed by atoms with E-state index < -0.39 is 0 Å². The highest BCUT2D eigenvalue weighted by Crippen LogP contribution is 2.27. The van der Waals surface area contributed by atoms with Crippen LogP contribution >= 0.6 is 11.6 Å². The Morgan fingerprint density at radius 1 is 1.53 bits per heavy atom. The molecule has 1 heterocycles. The SMILES string of the molecule is Nc1ccc(Cl)c(OC[C@H]2CCCO2)c1. The molecule has 2 rings (SSSR count). The van der Waals surface area contributed by atoms with Gasteiger partial charge >= 0.3 is 0 Å². The van der Waals surface area contributed by atoms with Crippen molar-refractivity contribution in [3.8, 4) is 5.75 Å². The normalized spacial score (nSPS) is 20.5. The van der Waals surface area contributed by atoms with Gasteiger partial charge in [0.25, 0.3) is 0 Å². The molecule has 0 aromatic heterocycles. The second-order valence-electron chi connectivity index (χ2n) is 3.64. The molecule has 1 aromatic rings. The molecule has 1 saturated heterocycles. The Balaban J connectivity index is 1.94. The quantitative estimate of drug-likeness (QED) is 0.807. The number of halogens is 1. The van der Waals surface area contributed by atoms with Crippen molar-refractivity contribution in [1.29, 1.82) is 0 Å². The largest absolute Gasteiger partial charge is 0.489 e. The van der Waals surface area contributed by atoms with E-state index in [9.17, 15) is 0 Å². The standard InChI is InChI=1S/C11H14ClNO2/c12-10-4-3-8(13)6-11(10)15-7-9-2-1-5-14-9/h3-4,6,9H,1-2,5,7,13H2/t9-/m1/s1. The second kappa shape index (κ2) is 4.73. The highest BCUT2D eigenvalue weighted by atomic mass is 35.5. The van der Waals surface area contributed by atoms with Gasteiger partial charge in [-0.05, 0) is 25.0 Å². The number of hydrogen-bond donors (Lipinski definition) is 1. The zero-order valence-corrected chi connectivity index (χ0v) is 9.17. The summed E-state index contributed by atoms with van der Waals surface area (Å²) in [5.41, 5.74) is 6.30. The minimum Gasteiger partial charge on any atom is -0.489 e. The van der Waals surface area contributed by atoms with E-state index in [1.807, 2.05) is 0 Å². The molecule has 0 unspecified atom stereocenters. The fraction of sp³-hybridized carbons (Fsp3) is 0.455. The number of nitrogens with two attached hydrogens (primary N) is 1. The van der Waals surface area contributed by atoms with Crippen LogP contribution < -0.4 is 10.5 Å². The maximum Gasteiger partial charge on any atom is 0.140 e. The van der Waals surface area contributed by atoms with Crippen molar-refractivity contribution < 1.29 is 9.47 Å². The van der Waals surface area contributed by atoms with Gasteiger partial charge < -0.3 is 15.2 Å². The summed E-state index contributed by atoms with van der Waals surface area (Å²) in [7, 11) is 0. The van der Waals surface area contributed by atoms with Gasteiger partial charge in [0.15, 0.2) is 0 Å². The Bertz CT molecular complexity index is 337. The molecule has 0 bridgehead atoms. The van der Waals surface area contributed by atoms with Crippen molar-refractivity contribution in [3.05, 3.63) is 23.2 Å². The summed E-state index contributed by atoms with van der Waals surface area (Å²) in [6.07, 6.45) is 2.36. The first-order valence-electron chi connectivity index (χ1n) is 5.05. The lowest BCUT2D eigenvalue weighted by Crippen LogP contribution is -2.16. The van der Waals surface area contributed by atoms with Crippen LogP contribution in [0.5, 0.6) is 5.75 Å². The molecule has 0 amide bonds. The molecular formula is C11H14ClNO2. The van der Waals surface area contributed by atoms with Gasteiger partial charge in [0.1, 0.15) is 12.4 Å². The Morgan fingerprint density at radius 2 is 2.40 bits per heavy atom. The highest BCUT2D eigenvalue weighted by Gasteiger charge is 2.16. The first kappa shape index (κ1) is 10.6. The van der Waals surface area contributed by atoms with Gasteiger partial charge in [-0.15, -0.1) is 0 Å². The van der Waals surface area contributed by atoms with Crippen LogP contribution in [0, 0.1) is 0 Å². The molecule has 0 saturated carbocycles. The monoisotopic (exact) mass is 227 g/mol. The van der Waals surface area contributed by atoms with E-state index in [0.717, 1.165) is 19.4 Å². The molecule has 1 aliphatic rings. The third-order valence-electron chi connectivity index (χ3n) is 2.40. The summed E-state index contributed by atoms with van der Waals surface area (Å²) in [6, 6.07) is 5.22. The number of nitrogen functional groups attached to an aromatic ring is 1. The molecule has 2 N–H and O–H groups in total. The minimum atomic E-state index is 0.197. The van der Waals surface area contributed by atoms with Crippen molar-refractivity contribution in [1.82, 2.24) is 0 Å². The fourth-order valence-electron chi connectivity index (χ4n) is 1.59. The molecule has 4 heteroatoms. The molecule has 82 valence electrons. The number of rotatable bonds is 3. The molecule has 0 radical (unpaired) electrons. The average molecular weight is 228 g/mol. The van der Waals surface area contributed by atoms with E-state index in [1.54, 1.807) is 18.2 Å².